The monoisotopic (exact) mass is 822 g/mol. The van der Waals surface area contributed by atoms with Crippen LogP contribution >= 0.6 is 68.7 Å². The predicted molar refractivity (Wildman–Crippen MR) is 179 cm³/mol. The van der Waals surface area contributed by atoms with Crippen LogP contribution in [-0.2, 0) is 16.1 Å². The zero-order chi connectivity index (χ0) is 33.3. The van der Waals surface area contributed by atoms with Gasteiger partial charge in [0.15, 0.2) is 22.0 Å². The molecule has 1 aromatic heterocycles. The van der Waals surface area contributed by atoms with Crippen LogP contribution in [0.15, 0.2) is 75.7 Å². The third-order valence-corrected chi connectivity index (χ3v) is 9.30. The Morgan fingerprint density at radius 1 is 1.09 bits per heavy atom. The van der Waals surface area contributed by atoms with Gasteiger partial charge < -0.3 is 14.2 Å². The van der Waals surface area contributed by atoms with Gasteiger partial charge in [-0.3, -0.25) is 9.36 Å². The van der Waals surface area contributed by atoms with Crippen molar-refractivity contribution < 1.29 is 32.2 Å². The molecule has 0 N–H and O–H groups in total. The number of carbonyl (C=O) groups is 1. The van der Waals surface area contributed by atoms with Crippen molar-refractivity contribution in [2.45, 2.75) is 25.7 Å². The van der Waals surface area contributed by atoms with Crippen LogP contribution in [0.2, 0.25) is 15.1 Å². The summed E-state index contributed by atoms with van der Waals surface area (Å²) < 4.78 is 61.8. The number of aromatic nitrogens is 1. The zero-order valence-electron chi connectivity index (χ0n) is 23.8. The fourth-order valence-corrected chi connectivity index (χ4v) is 6.79. The topological polar surface area (TPSA) is 79.1 Å². The molecule has 1 aliphatic heterocycles. The number of hydrogen-bond donors (Lipinski definition) is 0. The molecule has 0 radical (unpaired) electrons. The lowest BCUT2D eigenvalue weighted by molar-refractivity contribution is -0.140. The van der Waals surface area contributed by atoms with Crippen molar-refractivity contribution in [1.82, 2.24) is 4.57 Å². The number of esters is 1. The molecule has 5 rings (SSSR count). The first-order valence-electron chi connectivity index (χ1n) is 13.3. The van der Waals surface area contributed by atoms with Gasteiger partial charge in [0.1, 0.15) is 6.61 Å². The summed E-state index contributed by atoms with van der Waals surface area (Å²) in [7, 11) is 1.46. The molecule has 0 aliphatic carbocycles. The number of methoxy groups -OCH3 is 1. The standard InChI is InChI=1S/C31H21Cl3F3IN2O5S/c1-3-44-29(42)24-25(16-5-7-18(32)8-6-16)40-28(41)23(46-30(40)39-27(24)31(35,36)37)12-17-11-19(38)13-22(43-2)26(17)45-14-15-4-9-20(33)21(34)10-15/h4-13,25H,3,14H2,1-2H3/b23-12-/t25-/m0/s1. The van der Waals surface area contributed by atoms with E-state index < -0.39 is 35.0 Å². The van der Waals surface area contributed by atoms with Gasteiger partial charge in [0.2, 0.25) is 0 Å². The highest BCUT2D eigenvalue weighted by atomic mass is 127. The van der Waals surface area contributed by atoms with Gasteiger partial charge in [-0.25, -0.2) is 9.79 Å². The van der Waals surface area contributed by atoms with E-state index in [1.807, 2.05) is 0 Å². The Bertz CT molecular complexity index is 2050. The number of benzene rings is 3. The Balaban J connectivity index is 1.72. The minimum Gasteiger partial charge on any atom is -0.493 e. The second-order valence-corrected chi connectivity index (χ2v) is 13.2. The molecule has 0 unspecified atom stereocenters. The van der Waals surface area contributed by atoms with Gasteiger partial charge >= 0.3 is 12.1 Å². The van der Waals surface area contributed by atoms with E-state index in [4.69, 9.17) is 49.0 Å². The van der Waals surface area contributed by atoms with E-state index in [0.717, 1.165) is 19.5 Å². The molecule has 3 aromatic carbocycles. The third-order valence-electron chi connectivity index (χ3n) is 6.70. The van der Waals surface area contributed by atoms with Crippen molar-refractivity contribution in [1.29, 1.82) is 0 Å². The van der Waals surface area contributed by atoms with E-state index in [9.17, 15) is 22.8 Å². The highest BCUT2D eigenvalue weighted by molar-refractivity contribution is 14.1. The van der Waals surface area contributed by atoms with Crippen LogP contribution in [0.1, 0.15) is 29.7 Å². The summed E-state index contributed by atoms with van der Waals surface area (Å²) in [5.74, 6) is -0.612. The molecule has 1 aliphatic rings. The summed E-state index contributed by atoms with van der Waals surface area (Å²) in [6.07, 6.45) is -3.55. The van der Waals surface area contributed by atoms with E-state index in [0.29, 0.717) is 31.9 Å². The lowest BCUT2D eigenvalue weighted by Crippen LogP contribution is -2.41. The first-order chi connectivity index (χ1) is 21.8. The molecule has 0 spiro atoms. The van der Waals surface area contributed by atoms with Crippen LogP contribution in [0.3, 0.4) is 0 Å². The van der Waals surface area contributed by atoms with Gasteiger partial charge in [-0.05, 0) is 83.1 Å². The summed E-state index contributed by atoms with van der Waals surface area (Å²) in [5, 5.41) is 1.04. The zero-order valence-corrected chi connectivity index (χ0v) is 29.0. The first-order valence-corrected chi connectivity index (χ1v) is 16.3. The smallest absolute Gasteiger partial charge is 0.434 e. The number of ether oxygens (including phenoxy) is 3. The number of fused-ring (bicyclic) bond motifs is 1. The number of hydrogen-bond acceptors (Lipinski definition) is 7. The molecule has 0 amide bonds. The van der Waals surface area contributed by atoms with Crippen LogP contribution < -0.4 is 24.4 Å². The normalized spacial score (nSPS) is 15.0. The SMILES string of the molecule is CCOC(=O)C1=C(C(F)(F)F)N=c2s/c(=C\c3cc(I)cc(OC)c3OCc3ccc(Cl)c(Cl)c3)c(=O)n2[C@H]1c1ccc(Cl)cc1. The van der Waals surface area contributed by atoms with Crippen LogP contribution in [0.5, 0.6) is 11.5 Å². The maximum Gasteiger partial charge on any atom is 0.434 e. The average molecular weight is 824 g/mol. The summed E-state index contributed by atoms with van der Waals surface area (Å²) in [5.41, 5.74) is -1.61. The number of rotatable bonds is 8. The van der Waals surface area contributed by atoms with Crippen molar-refractivity contribution in [3.8, 4) is 11.5 Å². The van der Waals surface area contributed by atoms with Gasteiger partial charge in [0.05, 0.1) is 39.9 Å². The van der Waals surface area contributed by atoms with Gasteiger partial charge in [0.25, 0.3) is 5.56 Å². The Morgan fingerprint density at radius 2 is 1.80 bits per heavy atom. The number of allylic oxidation sites excluding steroid dienone is 1. The maximum absolute atomic E-state index is 14.4. The molecule has 1 atom stereocenters. The van der Waals surface area contributed by atoms with Crippen molar-refractivity contribution in [2.75, 3.05) is 13.7 Å². The minimum absolute atomic E-state index is 0.0350. The van der Waals surface area contributed by atoms with Crippen LogP contribution in [0, 0.1) is 3.57 Å². The van der Waals surface area contributed by atoms with E-state index in [2.05, 4.69) is 27.6 Å². The van der Waals surface area contributed by atoms with Gasteiger partial charge in [-0.15, -0.1) is 0 Å². The Kier molecular flexibility index (Phi) is 10.4. The summed E-state index contributed by atoms with van der Waals surface area (Å²) >= 11 is 21.0. The number of thiazole rings is 1. The van der Waals surface area contributed by atoms with Crippen LogP contribution in [0.4, 0.5) is 13.2 Å². The fourth-order valence-electron chi connectivity index (χ4n) is 4.73. The Morgan fingerprint density at radius 3 is 2.43 bits per heavy atom. The van der Waals surface area contributed by atoms with Crippen LogP contribution in [-0.4, -0.2) is 30.4 Å². The largest absolute Gasteiger partial charge is 0.493 e. The first kappa shape index (κ1) is 34.3. The molecule has 240 valence electrons. The molecule has 15 heteroatoms. The van der Waals surface area contributed by atoms with Gasteiger partial charge in [-0.2, -0.15) is 13.2 Å². The Hall–Kier alpha value is -3.04. The highest BCUT2D eigenvalue weighted by Gasteiger charge is 2.45. The molecule has 2 heterocycles. The summed E-state index contributed by atoms with van der Waals surface area (Å²) in [4.78, 5) is 30.7. The molecule has 0 saturated heterocycles. The van der Waals surface area contributed by atoms with Gasteiger partial charge in [-0.1, -0.05) is 64.3 Å². The number of alkyl halides is 3. The third kappa shape index (κ3) is 7.10. The van der Waals surface area contributed by atoms with E-state index in [-0.39, 0.29) is 33.9 Å². The van der Waals surface area contributed by atoms with Crippen LogP contribution in [0.25, 0.3) is 6.08 Å². The van der Waals surface area contributed by atoms with Crippen molar-refractivity contribution in [3.63, 3.8) is 0 Å². The number of nitrogens with zero attached hydrogens (tertiary/aromatic N) is 2. The predicted octanol–water partition coefficient (Wildman–Crippen LogP) is 7.49. The number of carbonyl (C=O) groups excluding carboxylic acids is 1. The second kappa shape index (κ2) is 14.0. The van der Waals surface area contributed by atoms with Crippen molar-refractivity contribution >= 4 is 80.8 Å². The number of halogens is 7. The molecule has 0 saturated carbocycles. The molecule has 4 aromatic rings. The summed E-state index contributed by atoms with van der Waals surface area (Å²) in [6.45, 7) is 1.34. The minimum atomic E-state index is -5.03. The molecule has 7 nitrogen and oxygen atoms in total. The lowest BCUT2D eigenvalue weighted by atomic mass is 9.95. The second-order valence-electron chi connectivity index (χ2n) is 9.68. The van der Waals surface area contributed by atoms with Crippen molar-refractivity contribution in [2.24, 2.45) is 4.99 Å². The average Bonchev–Trinajstić information content (AvgIpc) is 3.31. The molecular weight excluding hydrogens is 803 g/mol. The summed E-state index contributed by atoms with van der Waals surface area (Å²) in [6, 6.07) is 12.8. The lowest BCUT2D eigenvalue weighted by Gasteiger charge is -2.26. The maximum atomic E-state index is 14.4. The quantitative estimate of drug-likeness (QED) is 0.136. The molecule has 0 fully saturated rings. The van der Waals surface area contributed by atoms with E-state index in [1.54, 1.807) is 30.3 Å². The molecule has 0 bridgehead atoms. The Labute approximate surface area is 292 Å². The van der Waals surface area contributed by atoms with E-state index >= 15 is 0 Å². The van der Waals surface area contributed by atoms with Crippen molar-refractivity contribution in [3.05, 3.63) is 121 Å². The highest BCUT2D eigenvalue weighted by Crippen LogP contribution is 2.39. The molecular formula is C31H21Cl3F3IN2O5S. The molecule has 46 heavy (non-hydrogen) atoms. The van der Waals surface area contributed by atoms with E-state index in [1.165, 1.54) is 44.4 Å². The fraction of sp³-hybridized carbons (Fsp3) is 0.194. The van der Waals surface area contributed by atoms with Gasteiger partial charge in [0, 0.05) is 14.2 Å².